The van der Waals surface area contributed by atoms with Crippen molar-refractivity contribution in [2.45, 2.75) is 32.2 Å². The molecule has 0 aliphatic carbocycles. The number of aliphatic carboxylic acids is 1. The van der Waals surface area contributed by atoms with Crippen LogP contribution in [0.25, 0.3) is 0 Å². The third-order valence-electron chi connectivity index (χ3n) is 3.22. The third-order valence-corrected chi connectivity index (χ3v) is 3.81. The van der Waals surface area contributed by atoms with Gasteiger partial charge in [0.15, 0.2) is 0 Å². The molecule has 0 bridgehead atoms. The number of nitrogens with zero attached hydrogens (tertiary/aromatic N) is 1. The molecule has 0 unspecified atom stereocenters. The van der Waals surface area contributed by atoms with Gasteiger partial charge in [-0.25, -0.2) is 4.79 Å². The lowest BCUT2D eigenvalue weighted by Gasteiger charge is -2.30. The van der Waals surface area contributed by atoms with Crippen LogP contribution in [0.3, 0.4) is 0 Å². The predicted molar refractivity (Wildman–Crippen MR) is 77.7 cm³/mol. The lowest BCUT2D eigenvalue weighted by atomic mass is 9.92. The zero-order valence-electron chi connectivity index (χ0n) is 10.9. The summed E-state index contributed by atoms with van der Waals surface area (Å²) in [7, 11) is 0. The van der Waals surface area contributed by atoms with E-state index in [1.54, 1.807) is 13.8 Å². The van der Waals surface area contributed by atoms with Crippen LogP contribution in [0.1, 0.15) is 26.7 Å². The Morgan fingerprint density at radius 3 is 2.10 bits per heavy atom. The summed E-state index contributed by atoms with van der Waals surface area (Å²) in [6.45, 7) is 3.44. The van der Waals surface area contributed by atoms with E-state index < -0.39 is 16.4 Å². The van der Waals surface area contributed by atoms with Gasteiger partial charge in [-0.15, -0.1) is 0 Å². The summed E-state index contributed by atoms with van der Waals surface area (Å²) in [5.74, 6) is -1.03. The Morgan fingerprint density at radius 2 is 1.80 bits per heavy atom. The number of carboxylic acids is 1. The molecule has 2 N–H and O–H groups in total. The van der Waals surface area contributed by atoms with Crippen LogP contribution < -0.4 is 5.32 Å². The highest BCUT2D eigenvalue weighted by molar-refractivity contribution is 6.39. The quantitative estimate of drug-likeness (QED) is 0.611. The zero-order valence-corrected chi connectivity index (χ0v) is 12.5. The summed E-state index contributed by atoms with van der Waals surface area (Å²) in [6, 6.07) is 2.27. The molecule has 0 saturated heterocycles. The molecule has 0 amide bonds. The Hall–Kier alpha value is -1.53. The van der Waals surface area contributed by atoms with Gasteiger partial charge >= 0.3 is 5.97 Å². The smallest absolute Gasteiger partial charge is 0.329 e. The lowest BCUT2D eigenvalue weighted by Crippen LogP contribution is -2.45. The molecule has 0 aromatic heterocycles. The summed E-state index contributed by atoms with van der Waals surface area (Å²) in [6.07, 6.45) is 0.616. The number of nitro groups is 1. The average Bonchev–Trinajstić information content (AvgIpc) is 2.38. The molecule has 1 aromatic rings. The monoisotopic (exact) mass is 320 g/mol. The Kier molecular flexibility index (Phi) is 5.19. The van der Waals surface area contributed by atoms with E-state index in [2.05, 4.69) is 5.32 Å². The van der Waals surface area contributed by atoms with Crippen molar-refractivity contribution in [3.8, 4) is 0 Å². The van der Waals surface area contributed by atoms with E-state index in [-0.39, 0.29) is 21.4 Å². The number of hydrogen-bond donors (Lipinski definition) is 2. The van der Waals surface area contributed by atoms with E-state index in [9.17, 15) is 20.0 Å². The molecule has 0 heterocycles. The zero-order chi connectivity index (χ0) is 15.5. The molecule has 8 heteroatoms. The Morgan fingerprint density at radius 1 is 1.35 bits per heavy atom. The number of anilines is 1. The van der Waals surface area contributed by atoms with Gasteiger partial charge in [-0.1, -0.05) is 37.0 Å². The molecule has 1 aromatic carbocycles. The highest BCUT2D eigenvalue weighted by atomic mass is 35.5. The second kappa shape index (κ2) is 6.28. The minimum atomic E-state index is -1.22. The second-order valence-corrected chi connectivity index (χ2v) is 5.08. The van der Waals surface area contributed by atoms with Crippen LogP contribution in [0.4, 0.5) is 11.4 Å². The van der Waals surface area contributed by atoms with Gasteiger partial charge in [0.2, 0.25) is 0 Å². The minimum Gasteiger partial charge on any atom is -0.480 e. The first-order chi connectivity index (χ1) is 9.27. The maximum atomic E-state index is 11.4. The Balaban J connectivity index is 3.27. The van der Waals surface area contributed by atoms with Gasteiger partial charge in [0, 0.05) is 12.1 Å². The van der Waals surface area contributed by atoms with E-state index in [0.717, 1.165) is 12.1 Å². The van der Waals surface area contributed by atoms with E-state index in [1.807, 2.05) is 0 Å². The molecule has 0 saturated carbocycles. The molecule has 6 nitrogen and oxygen atoms in total. The summed E-state index contributed by atoms with van der Waals surface area (Å²) in [5.41, 5.74) is -1.28. The van der Waals surface area contributed by atoms with E-state index >= 15 is 0 Å². The minimum absolute atomic E-state index is 0.0109. The van der Waals surface area contributed by atoms with Crippen molar-refractivity contribution in [2.75, 3.05) is 5.32 Å². The van der Waals surface area contributed by atoms with Crippen LogP contribution >= 0.6 is 23.2 Å². The second-order valence-electron chi connectivity index (χ2n) is 4.26. The lowest BCUT2D eigenvalue weighted by molar-refractivity contribution is -0.384. The van der Waals surface area contributed by atoms with Crippen molar-refractivity contribution < 1.29 is 14.8 Å². The summed E-state index contributed by atoms with van der Waals surface area (Å²) < 4.78 is 0. The van der Waals surface area contributed by atoms with Gasteiger partial charge in [-0.05, 0) is 12.8 Å². The van der Waals surface area contributed by atoms with Crippen LogP contribution in [0.15, 0.2) is 12.1 Å². The molecule has 0 radical (unpaired) electrons. The number of nitrogens with one attached hydrogen (secondary N) is 1. The molecule has 0 aliphatic rings. The number of carboxylic acid groups (broad SMARTS) is 1. The largest absolute Gasteiger partial charge is 0.480 e. The topological polar surface area (TPSA) is 92.5 Å². The van der Waals surface area contributed by atoms with Crippen LogP contribution in [-0.4, -0.2) is 21.5 Å². The number of non-ortho nitro benzene ring substituents is 1. The predicted octanol–water partition coefficient (Wildman–Crippen LogP) is 3.96. The standard InChI is InChI=1S/C12H14Cl2N2O4/c1-3-12(4-2,11(17)18)15-10-8(13)5-7(16(19)20)6-9(10)14/h5-6,15H,3-4H2,1-2H3,(H,17,18). The molecule has 20 heavy (non-hydrogen) atoms. The van der Waals surface area contributed by atoms with Crippen molar-refractivity contribution in [2.24, 2.45) is 0 Å². The summed E-state index contributed by atoms with van der Waals surface area (Å²) >= 11 is 11.9. The molecule has 0 aliphatic heterocycles. The van der Waals surface area contributed by atoms with Gasteiger partial charge in [-0.3, -0.25) is 10.1 Å². The first kappa shape index (κ1) is 16.5. The van der Waals surface area contributed by atoms with Crippen LogP contribution in [0.5, 0.6) is 0 Å². The fourth-order valence-electron chi connectivity index (χ4n) is 1.81. The van der Waals surface area contributed by atoms with Gasteiger partial charge in [-0.2, -0.15) is 0 Å². The summed E-state index contributed by atoms with van der Waals surface area (Å²) in [4.78, 5) is 21.5. The Labute approximate surface area is 125 Å². The summed E-state index contributed by atoms with van der Waals surface area (Å²) in [5, 5.41) is 22.9. The van der Waals surface area contributed by atoms with Crippen LogP contribution in [0, 0.1) is 10.1 Å². The van der Waals surface area contributed by atoms with Gasteiger partial charge < -0.3 is 10.4 Å². The first-order valence-corrected chi connectivity index (χ1v) is 6.68. The van der Waals surface area contributed by atoms with Gasteiger partial charge in [0.1, 0.15) is 5.54 Å². The number of rotatable bonds is 6. The van der Waals surface area contributed by atoms with Gasteiger partial charge in [0.25, 0.3) is 5.69 Å². The molecule has 1 rings (SSSR count). The van der Waals surface area contributed by atoms with Crippen molar-refractivity contribution in [1.82, 2.24) is 0 Å². The number of carbonyl (C=O) groups is 1. The number of hydrogen-bond acceptors (Lipinski definition) is 4. The van der Waals surface area contributed by atoms with Crippen molar-refractivity contribution in [3.05, 3.63) is 32.3 Å². The SMILES string of the molecule is CCC(CC)(Nc1c(Cl)cc([N+](=O)[O-])cc1Cl)C(=O)O. The Bertz CT molecular complexity index is 521. The molecular weight excluding hydrogens is 307 g/mol. The van der Waals surface area contributed by atoms with Gasteiger partial charge in [0.05, 0.1) is 20.7 Å². The fourth-order valence-corrected chi connectivity index (χ4v) is 2.38. The van der Waals surface area contributed by atoms with Crippen molar-refractivity contribution in [3.63, 3.8) is 0 Å². The maximum absolute atomic E-state index is 11.4. The van der Waals surface area contributed by atoms with Crippen LogP contribution in [0.2, 0.25) is 10.0 Å². The van der Waals surface area contributed by atoms with E-state index in [4.69, 9.17) is 23.2 Å². The molecule has 0 fully saturated rings. The van der Waals surface area contributed by atoms with Crippen molar-refractivity contribution in [1.29, 1.82) is 0 Å². The first-order valence-electron chi connectivity index (χ1n) is 5.92. The molecular formula is C12H14Cl2N2O4. The van der Waals surface area contributed by atoms with Crippen molar-refractivity contribution >= 4 is 40.5 Å². The molecule has 0 spiro atoms. The fraction of sp³-hybridized carbons (Fsp3) is 0.417. The normalized spacial score (nSPS) is 11.2. The highest BCUT2D eigenvalue weighted by Crippen LogP contribution is 2.37. The highest BCUT2D eigenvalue weighted by Gasteiger charge is 2.36. The molecule has 110 valence electrons. The number of nitro benzene ring substituents is 1. The number of benzene rings is 1. The van der Waals surface area contributed by atoms with E-state index in [0.29, 0.717) is 12.8 Å². The van der Waals surface area contributed by atoms with E-state index in [1.165, 1.54) is 0 Å². The average molecular weight is 321 g/mol. The molecule has 0 atom stereocenters. The van der Waals surface area contributed by atoms with Crippen LogP contribution in [-0.2, 0) is 4.79 Å². The third kappa shape index (κ3) is 3.13. The maximum Gasteiger partial charge on any atom is 0.329 e. The number of halogens is 2.